The second-order valence-electron chi connectivity index (χ2n) is 7.11. The summed E-state index contributed by atoms with van der Waals surface area (Å²) < 4.78 is 0. The van der Waals surface area contributed by atoms with Crippen LogP contribution >= 0.6 is 0 Å². The summed E-state index contributed by atoms with van der Waals surface area (Å²) in [6.07, 6.45) is 8.53. The zero-order chi connectivity index (χ0) is 15.9. The normalized spacial score (nSPS) is 22.9. The quantitative estimate of drug-likeness (QED) is 0.820. The van der Waals surface area contributed by atoms with Gasteiger partial charge in [0.2, 0.25) is 5.91 Å². The van der Waals surface area contributed by atoms with Gasteiger partial charge in [-0.25, -0.2) is 4.79 Å². The van der Waals surface area contributed by atoms with Crippen molar-refractivity contribution in [2.24, 2.45) is 5.92 Å². The van der Waals surface area contributed by atoms with Crippen LogP contribution in [0.2, 0.25) is 0 Å². The molecule has 5 nitrogen and oxygen atoms in total. The molecule has 0 bridgehead atoms. The van der Waals surface area contributed by atoms with Crippen LogP contribution in [0.3, 0.4) is 0 Å². The number of urea groups is 1. The van der Waals surface area contributed by atoms with Crippen molar-refractivity contribution in [3.8, 4) is 0 Å². The maximum absolute atomic E-state index is 12.5. The number of likely N-dealkylation sites (tertiary alicyclic amines) is 1. The van der Waals surface area contributed by atoms with E-state index >= 15 is 0 Å². The second-order valence-corrected chi connectivity index (χ2v) is 7.11. The van der Waals surface area contributed by atoms with Crippen molar-refractivity contribution in [2.45, 2.75) is 77.3 Å². The van der Waals surface area contributed by atoms with Crippen LogP contribution < -0.4 is 10.6 Å². The Hall–Kier alpha value is -1.26. The van der Waals surface area contributed by atoms with Gasteiger partial charge in [0.05, 0.1) is 0 Å². The van der Waals surface area contributed by atoms with Crippen LogP contribution in [0.5, 0.6) is 0 Å². The lowest BCUT2D eigenvalue weighted by Crippen LogP contribution is -2.51. The first-order valence-corrected chi connectivity index (χ1v) is 8.92. The third-order valence-corrected chi connectivity index (χ3v) is 4.77. The molecule has 0 aromatic heterocycles. The van der Waals surface area contributed by atoms with Crippen LogP contribution in [0.4, 0.5) is 4.79 Å². The van der Waals surface area contributed by atoms with Crippen molar-refractivity contribution in [1.29, 1.82) is 0 Å². The molecule has 2 fully saturated rings. The molecule has 3 amide bonds. The fourth-order valence-corrected chi connectivity index (χ4v) is 3.40. The lowest BCUT2D eigenvalue weighted by molar-refractivity contribution is -0.125. The first-order valence-electron chi connectivity index (χ1n) is 8.92. The predicted molar refractivity (Wildman–Crippen MR) is 87.6 cm³/mol. The average molecular weight is 309 g/mol. The molecule has 126 valence electrons. The van der Waals surface area contributed by atoms with E-state index in [1.165, 1.54) is 19.3 Å². The second kappa shape index (κ2) is 8.39. The molecule has 0 aromatic carbocycles. The summed E-state index contributed by atoms with van der Waals surface area (Å²) in [4.78, 5) is 26.5. The van der Waals surface area contributed by atoms with Crippen molar-refractivity contribution < 1.29 is 9.59 Å². The number of amides is 3. The molecule has 2 aliphatic rings. The topological polar surface area (TPSA) is 61.4 Å². The summed E-state index contributed by atoms with van der Waals surface area (Å²) in [6.45, 7) is 5.66. The number of nitrogens with one attached hydrogen (secondary N) is 2. The van der Waals surface area contributed by atoms with Gasteiger partial charge in [-0.15, -0.1) is 0 Å². The van der Waals surface area contributed by atoms with E-state index in [0.29, 0.717) is 25.0 Å². The zero-order valence-electron chi connectivity index (χ0n) is 14.1. The van der Waals surface area contributed by atoms with Crippen molar-refractivity contribution in [3.05, 3.63) is 0 Å². The van der Waals surface area contributed by atoms with Crippen molar-refractivity contribution >= 4 is 11.9 Å². The van der Waals surface area contributed by atoms with Crippen LogP contribution in [0, 0.1) is 5.92 Å². The van der Waals surface area contributed by atoms with Gasteiger partial charge in [0.15, 0.2) is 0 Å². The van der Waals surface area contributed by atoms with Gasteiger partial charge in [0.1, 0.15) is 6.04 Å². The summed E-state index contributed by atoms with van der Waals surface area (Å²) in [5.74, 6) is 0.618. The van der Waals surface area contributed by atoms with Gasteiger partial charge >= 0.3 is 6.03 Å². The van der Waals surface area contributed by atoms with Gasteiger partial charge in [0.25, 0.3) is 0 Å². The van der Waals surface area contributed by atoms with Crippen LogP contribution in [0.15, 0.2) is 0 Å². The van der Waals surface area contributed by atoms with E-state index in [1.807, 2.05) is 0 Å². The molecular formula is C17H31N3O2. The predicted octanol–water partition coefficient (Wildman–Crippen LogP) is 2.66. The lowest BCUT2D eigenvalue weighted by atomic mass is 9.95. The molecule has 1 saturated carbocycles. The standard InChI is InChI=1S/C17H31N3O2/c1-13(2)10-11-18-17(22)20-12-6-9-15(20)16(21)19-14-7-4-3-5-8-14/h13-15H,3-12H2,1-2H3,(H,18,22)(H,19,21)/t15-/m0/s1. The van der Waals surface area contributed by atoms with Gasteiger partial charge in [-0.3, -0.25) is 4.79 Å². The van der Waals surface area contributed by atoms with E-state index in [0.717, 1.165) is 32.1 Å². The third-order valence-electron chi connectivity index (χ3n) is 4.77. The first-order chi connectivity index (χ1) is 10.6. The van der Waals surface area contributed by atoms with Crippen molar-refractivity contribution in [2.75, 3.05) is 13.1 Å². The van der Waals surface area contributed by atoms with Crippen LogP contribution in [0.1, 0.15) is 65.2 Å². The molecule has 0 spiro atoms. The van der Waals surface area contributed by atoms with Gasteiger partial charge in [-0.05, 0) is 38.0 Å². The monoisotopic (exact) mass is 309 g/mol. The van der Waals surface area contributed by atoms with E-state index in [-0.39, 0.29) is 18.0 Å². The molecule has 1 aliphatic heterocycles. The summed E-state index contributed by atoms with van der Waals surface area (Å²) in [5.41, 5.74) is 0. The van der Waals surface area contributed by atoms with E-state index in [2.05, 4.69) is 24.5 Å². The number of rotatable bonds is 5. The molecule has 0 aromatic rings. The minimum atomic E-state index is -0.277. The minimum absolute atomic E-state index is 0.0448. The highest BCUT2D eigenvalue weighted by Crippen LogP contribution is 2.21. The maximum Gasteiger partial charge on any atom is 0.318 e. The van der Waals surface area contributed by atoms with E-state index in [4.69, 9.17) is 0 Å². The Morgan fingerprint density at radius 2 is 1.82 bits per heavy atom. The summed E-state index contributed by atoms with van der Waals surface area (Å²) in [5, 5.41) is 6.11. The Bertz CT molecular complexity index is 378. The molecule has 2 rings (SSSR count). The number of hydrogen-bond acceptors (Lipinski definition) is 2. The van der Waals surface area contributed by atoms with E-state index in [9.17, 15) is 9.59 Å². The maximum atomic E-state index is 12.5. The van der Waals surface area contributed by atoms with E-state index in [1.54, 1.807) is 4.90 Å². The Morgan fingerprint density at radius 1 is 1.09 bits per heavy atom. The lowest BCUT2D eigenvalue weighted by Gasteiger charge is -2.28. The Balaban J connectivity index is 1.80. The molecule has 22 heavy (non-hydrogen) atoms. The largest absolute Gasteiger partial charge is 0.352 e. The molecule has 1 aliphatic carbocycles. The zero-order valence-corrected chi connectivity index (χ0v) is 14.1. The number of carbonyl (C=O) groups excluding carboxylic acids is 2. The van der Waals surface area contributed by atoms with Crippen LogP contribution in [0.25, 0.3) is 0 Å². The smallest absolute Gasteiger partial charge is 0.318 e. The highest BCUT2D eigenvalue weighted by Gasteiger charge is 2.34. The third kappa shape index (κ3) is 4.89. The fourth-order valence-electron chi connectivity index (χ4n) is 3.40. The number of hydrogen-bond donors (Lipinski definition) is 2. The van der Waals surface area contributed by atoms with Gasteiger partial charge in [0, 0.05) is 19.1 Å². The Kier molecular flexibility index (Phi) is 6.52. The van der Waals surface area contributed by atoms with Crippen molar-refractivity contribution in [1.82, 2.24) is 15.5 Å². The average Bonchev–Trinajstić information content (AvgIpc) is 2.97. The first kappa shape index (κ1) is 17.1. The summed E-state index contributed by atoms with van der Waals surface area (Å²) in [6, 6.07) is -0.0457. The van der Waals surface area contributed by atoms with Gasteiger partial charge < -0.3 is 15.5 Å². The van der Waals surface area contributed by atoms with Crippen molar-refractivity contribution in [3.63, 3.8) is 0 Å². The molecule has 1 atom stereocenters. The van der Waals surface area contributed by atoms with Crippen LogP contribution in [-0.2, 0) is 4.79 Å². The molecule has 1 saturated heterocycles. The molecule has 0 radical (unpaired) electrons. The number of carbonyl (C=O) groups is 2. The minimum Gasteiger partial charge on any atom is -0.352 e. The molecular weight excluding hydrogens is 278 g/mol. The Morgan fingerprint density at radius 3 is 2.50 bits per heavy atom. The van der Waals surface area contributed by atoms with E-state index < -0.39 is 0 Å². The molecule has 2 N–H and O–H groups in total. The van der Waals surface area contributed by atoms with Gasteiger partial charge in [-0.2, -0.15) is 0 Å². The summed E-state index contributed by atoms with van der Waals surface area (Å²) >= 11 is 0. The Labute approximate surface area is 134 Å². The fraction of sp³-hybridized carbons (Fsp3) is 0.882. The highest BCUT2D eigenvalue weighted by atomic mass is 16.2. The molecule has 5 heteroatoms. The molecule has 1 heterocycles. The SMILES string of the molecule is CC(C)CCNC(=O)N1CCC[C@H]1C(=O)NC1CCCCC1. The van der Waals surface area contributed by atoms with Gasteiger partial charge in [-0.1, -0.05) is 33.1 Å². The summed E-state index contributed by atoms with van der Waals surface area (Å²) in [7, 11) is 0. The molecule has 0 unspecified atom stereocenters. The highest BCUT2D eigenvalue weighted by molar-refractivity contribution is 5.87. The number of nitrogens with zero attached hydrogens (tertiary/aromatic N) is 1. The van der Waals surface area contributed by atoms with Crippen LogP contribution in [-0.4, -0.2) is 42.0 Å².